The van der Waals surface area contributed by atoms with Crippen LogP contribution in [0.5, 0.6) is 23.0 Å². The van der Waals surface area contributed by atoms with Crippen LogP contribution in [0.3, 0.4) is 0 Å². The summed E-state index contributed by atoms with van der Waals surface area (Å²) in [5, 5.41) is 55.2. The molecule has 0 unspecified atom stereocenters. The van der Waals surface area contributed by atoms with E-state index in [0.717, 1.165) is 145 Å². The van der Waals surface area contributed by atoms with E-state index in [1.807, 2.05) is 149 Å². The number of rotatable bonds is 34. The van der Waals surface area contributed by atoms with Gasteiger partial charge in [-0.2, -0.15) is 40.2 Å². The van der Waals surface area contributed by atoms with Crippen molar-refractivity contribution in [2.45, 2.75) is 80.6 Å². The standard InChI is InChI=1S/C24H26N6O2.C20H24N6O.C19H21F2N7.2C18H22FN7O/c1-14-9-23(25-3)30-24(28-14)29-17-5-6-22(32-4)20(11-17)19-10-16-12-26-8-7-18(16)21(19)13-27-15(2)31;1-13-9-19(22-3)26-20(24-13)25-15-5-6-18(27-4)16(11-15)17-10-14(12-21-2)7-8-23-17;1-12-8-16(22-2)26-19(24-12)25-15-5-4-14(20)18(17(15)21)28-11-13(9-23-28)10-27-6-3-7-27;1-11-7-15(21-3)25-18(23-11)24-13-5-6-14(27-4)17(16(13)19)26-10-12(8-20-2)9-22-26;1-11-7-15(21-3)25-18(23-11)24-14-6-5-13(19)16(17(14)27-4)26-10-12(8-20-2)9-22-26/h5-9,11-12H,10,13H2,1-4H3,(H,27,31)(H2,25,28,29,30);5-11,21H,12H2,1-4H3,(H2,22,24,25,26);4-5,8-9,11H,3,6-7,10H2,1-2H3,(H2,22,24,25,26);2*5-7,9-10,20H,8H2,1-4H3,(H2,21,23,24,25). The molecule has 1 amide bonds. The number of methoxy groups -OCH3 is 4. The molecule has 42 heteroatoms. The normalized spacial score (nSPS) is 11.7. The molecule has 1 aliphatic heterocycles. The van der Waals surface area contributed by atoms with Gasteiger partial charge in [0.1, 0.15) is 63.4 Å². The Bertz CT molecular complexity index is 6850. The number of carbonyl (C=O) groups excluding carboxylic acids is 1. The van der Waals surface area contributed by atoms with Crippen molar-refractivity contribution in [3.63, 3.8) is 0 Å². The second-order valence-electron chi connectivity index (χ2n) is 32.2. The molecule has 15 aromatic rings. The molecule has 141 heavy (non-hydrogen) atoms. The van der Waals surface area contributed by atoms with Gasteiger partial charge in [-0.1, -0.05) is 0 Å². The number of ether oxygens (including phenoxy) is 4. The minimum Gasteiger partial charge on any atom is -0.496 e. The molecule has 0 atom stereocenters. The van der Waals surface area contributed by atoms with Crippen molar-refractivity contribution in [1.29, 1.82) is 0 Å². The van der Waals surface area contributed by atoms with Crippen LogP contribution < -0.4 is 93.4 Å². The van der Waals surface area contributed by atoms with Crippen molar-refractivity contribution in [3.05, 3.63) is 268 Å². The van der Waals surface area contributed by atoms with Gasteiger partial charge in [-0.3, -0.25) is 19.7 Å². The number of fused-ring (bicyclic) bond motifs is 1. The zero-order valence-corrected chi connectivity index (χ0v) is 81.7. The number of carbonyl (C=O) groups is 1. The number of aromatic nitrogens is 18. The Balaban J connectivity index is 0.000000148. The van der Waals surface area contributed by atoms with Crippen LogP contribution in [-0.4, -0.2) is 204 Å². The number of aryl methyl sites for hydroxylation is 5. The number of likely N-dealkylation sites (tertiary alicyclic amines) is 1. The number of nitrogens with one attached hydrogen (secondary N) is 14. The van der Waals surface area contributed by atoms with Gasteiger partial charge in [-0.25, -0.2) is 56.5 Å². The smallest absolute Gasteiger partial charge is 0.229 e. The maximum absolute atomic E-state index is 15.3. The molecular formula is C99H115F4N33O5. The first kappa shape index (κ1) is 102. The quantitative estimate of drug-likeness (QED) is 0.0167. The maximum atomic E-state index is 15.3. The molecule has 1 saturated heterocycles. The summed E-state index contributed by atoms with van der Waals surface area (Å²) < 4.78 is 85.6. The summed E-state index contributed by atoms with van der Waals surface area (Å²) in [6.45, 7) is 16.2. The molecule has 1 fully saturated rings. The lowest BCUT2D eigenvalue weighted by Crippen LogP contribution is -2.36. The van der Waals surface area contributed by atoms with Crippen LogP contribution in [0.15, 0.2) is 177 Å². The third-order valence-electron chi connectivity index (χ3n) is 21.8. The largest absolute Gasteiger partial charge is 0.496 e. The van der Waals surface area contributed by atoms with E-state index in [0.29, 0.717) is 90.2 Å². The van der Waals surface area contributed by atoms with Crippen molar-refractivity contribution in [2.24, 2.45) is 0 Å². The molecule has 1 aliphatic carbocycles. The van der Waals surface area contributed by atoms with E-state index in [4.69, 9.17) is 18.9 Å². The van der Waals surface area contributed by atoms with Crippen LogP contribution in [0.2, 0.25) is 0 Å². The predicted molar refractivity (Wildman–Crippen MR) is 542 cm³/mol. The predicted octanol–water partition coefficient (Wildman–Crippen LogP) is 15.4. The topological polar surface area (TPSA) is 434 Å². The van der Waals surface area contributed by atoms with Crippen molar-refractivity contribution in [2.75, 3.05) is 158 Å². The van der Waals surface area contributed by atoms with Crippen LogP contribution in [0.1, 0.15) is 80.8 Å². The molecule has 0 saturated carbocycles. The van der Waals surface area contributed by atoms with E-state index in [1.54, 1.807) is 109 Å². The molecule has 734 valence electrons. The highest BCUT2D eigenvalue weighted by Gasteiger charge is 2.28. The Morgan fingerprint density at radius 3 is 1.28 bits per heavy atom. The van der Waals surface area contributed by atoms with E-state index < -0.39 is 23.3 Å². The van der Waals surface area contributed by atoms with Gasteiger partial charge in [-0.15, -0.1) is 0 Å². The van der Waals surface area contributed by atoms with Crippen molar-refractivity contribution in [1.82, 2.24) is 115 Å². The number of hydrogen-bond donors (Lipinski definition) is 14. The summed E-state index contributed by atoms with van der Waals surface area (Å²) in [5.41, 5.74) is 17.8. The van der Waals surface area contributed by atoms with Gasteiger partial charge in [-0.05, 0) is 194 Å². The Morgan fingerprint density at radius 2 is 0.816 bits per heavy atom. The van der Waals surface area contributed by atoms with Gasteiger partial charge in [0.15, 0.2) is 29.0 Å². The number of pyridine rings is 2. The van der Waals surface area contributed by atoms with Crippen molar-refractivity contribution < 1.29 is 41.3 Å². The molecule has 2 aliphatic rings. The first-order chi connectivity index (χ1) is 68.2. The first-order valence-electron chi connectivity index (χ1n) is 45.0. The fourth-order valence-electron chi connectivity index (χ4n) is 15.2. The summed E-state index contributed by atoms with van der Waals surface area (Å²) in [4.78, 5) is 66.3. The number of anilines is 15. The zero-order chi connectivity index (χ0) is 100. The van der Waals surface area contributed by atoms with Crippen molar-refractivity contribution in [3.8, 4) is 51.3 Å². The molecule has 0 spiro atoms. The molecule has 5 aromatic carbocycles. The van der Waals surface area contributed by atoms with Crippen LogP contribution in [0.25, 0.3) is 39.5 Å². The molecule has 11 heterocycles. The second-order valence-corrected chi connectivity index (χ2v) is 32.2. The SMILES string of the molecule is CNCc1ccnc(-c2cc(Nc3nc(C)cc(NC)n3)ccc2OC)c1.CNCc1cnn(-c2c(F)ccc(Nc3nc(C)cc(NC)n3)c2OC)c1.CNCc1cnn(-c2c(OC)ccc(Nc3nc(C)cc(NC)n3)c2F)c1.CNc1cc(C)nc(Nc2ccc(F)c(-n3cc(CN4CCC4)cn3)c2F)n1.CNc1cc(C)nc(Nc2ccc(OC)c(C3=C(CNC(C)=O)c4ccncc4C3)c2)n1. The zero-order valence-electron chi connectivity index (χ0n) is 81.7. The number of amides is 1. The third kappa shape index (κ3) is 26.4. The minimum absolute atomic E-state index is 0.0707. The van der Waals surface area contributed by atoms with Gasteiger partial charge in [0.2, 0.25) is 35.6 Å². The molecule has 10 aromatic heterocycles. The molecule has 0 bridgehead atoms. The number of allylic oxidation sites excluding steroid dienone is 1. The van der Waals surface area contributed by atoms with Crippen molar-refractivity contribution >= 4 is 104 Å². The number of benzene rings is 5. The lowest BCUT2D eigenvalue weighted by molar-refractivity contribution is -0.118. The Hall–Kier alpha value is -16.6. The Labute approximate surface area is 814 Å². The fourth-order valence-corrected chi connectivity index (χ4v) is 15.2. The lowest BCUT2D eigenvalue weighted by Gasteiger charge is -2.29. The number of halogens is 4. The monoisotopic (exact) mass is 1920 g/mol. The highest BCUT2D eigenvalue weighted by atomic mass is 19.1. The average Bonchev–Trinajstić information content (AvgIpc) is 1.64. The van der Waals surface area contributed by atoms with E-state index in [2.05, 4.69) is 161 Å². The second kappa shape index (κ2) is 48.4. The molecule has 17 rings (SSSR count). The molecule has 0 radical (unpaired) electrons. The Kier molecular flexibility index (Phi) is 35.0. The molecule has 14 N–H and O–H groups in total. The van der Waals surface area contributed by atoms with Crippen LogP contribution in [0.4, 0.5) is 105 Å². The van der Waals surface area contributed by atoms with E-state index in [1.165, 1.54) is 59.8 Å². The molecule has 38 nitrogen and oxygen atoms in total. The number of nitrogens with zero attached hydrogens (tertiary/aromatic N) is 19. The van der Waals surface area contributed by atoms with E-state index in [-0.39, 0.29) is 40.3 Å². The third-order valence-corrected chi connectivity index (χ3v) is 21.8. The van der Waals surface area contributed by atoms with Gasteiger partial charge in [0.25, 0.3) is 0 Å². The molecular weight excluding hydrogens is 1810 g/mol. The lowest BCUT2D eigenvalue weighted by atomic mass is 9.98. The van der Waals surface area contributed by atoms with E-state index >= 15 is 8.78 Å². The van der Waals surface area contributed by atoms with Gasteiger partial charge in [0.05, 0.1) is 69.8 Å². The summed E-state index contributed by atoms with van der Waals surface area (Å²) in [7, 11) is 20.8. The van der Waals surface area contributed by atoms with Crippen LogP contribution >= 0.6 is 0 Å². The van der Waals surface area contributed by atoms with Crippen LogP contribution in [0, 0.1) is 57.9 Å². The van der Waals surface area contributed by atoms with Gasteiger partial charge in [0, 0.05) is 216 Å². The fraction of sp³-hybridized carbons (Fsp3) is 0.273. The summed E-state index contributed by atoms with van der Waals surface area (Å²) in [6, 6.07) is 35.7. The van der Waals surface area contributed by atoms with Gasteiger partial charge >= 0.3 is 0 Å². The minimum atomic E-state index is -0.755. The van der Waals surface area contributed by atoms with Gasteiger partial charge < -0.3 is 93.4 Å². The highest BCUT2D eigenvalue weighted by Crippen LogP contribution is 2.44. The Morgan fingerprint density at radius 1 is 0.397 bits per heavy atom. The maximum Gasteiger partial charge on any atom is 0.229 e. The average molecular weight is 1920 g/mol. The highest BCUT2D eigenvalue weighted by molar-refractivity contribution is 6.00. The summed E-state index contributed by atoms with van der Waals surface area (Å²) >= 11 is 0. The van der Waals surface area contributed by atoms with E-state index in [9.17, 15) is 13.6 Å². The summed E-state index contributed by atoms with van der Waals surface area (Å²) in [6.07, 6.45) is 17.5. The van der Waals surface area contributed by atoms with Crippen LogP contribution in [-0.2, 0) is 37.4 Å². The number of hydrogen-bond acceptors (Lipinski definition) is 34. The first-order valence-corrected chi connectivity index (χ1v) is 45.0. The summed E-state index contributed by atoms with van der Waals surface area (Å²) in [5.74, 6) is 5.10.